The van der Waals surface area contributed by atoms with Gasteiger partial charge in [0.1, 0.15) is 6.61 Å². The summed E-state index contributed by atoms with van der Waals surface area (Å²) >= 11 is 0. The highest BCUT2D eigenvalue weighted by Gasteiger charge is 2.17. The minimum atomic E-state index is -0.628. The molecule has 0 radical (unpaired) electrons. The first-order valence-electron chi connectivity index (χ1n) is 24.4. The number of hydrogen-bond acceptors (Lipinski definition) is 5. The number of carbonyl (C=O) groups is 2. The van der Waals surface area contributed by atoms with Gasteiger partial charge in [0.25, 0.3) is 0 Å². The van der Waals surface area contributed by atoms with Gasteiger partial charge in [0, 0.05) is 13.0 Å². The summed E-state index contributed by atoms with van der Waals surface area (Å²) in [6.07, 6.45) is 74.7. The number of unbranched alkanes of at least 4 members (excludes halogenated alkanes) is 8. The van der Waals surface area contributed by atoms with E-state index in [1.54, 1.807) is 0 Å². The van der Waals surface area contributed by atoms with Crippen LogP contribution in [-0.4, -0.2) is 37.9 Å². The van der Waals surface area contributed by atoms with Crippen LogP contribution in [0.5, 0.6) is 0 Å². The van der Waals surface area contributed by atoms with Crippen molar-refractivity contribution in [2.24, 2.45) is 0 Å². The van der Waals surface area contributed by atoms with Crippen molar-refractivity contribution >= 4 is 11.9 Å². The topological polar surface area (TPSA) is 61.8 Å². The van der Waals surface area contributed by atoms with Crippen LogP contribution in [-0.2, 0) is 23.8 Å². The molecule has 0 N–H and O–H groups in total. The minimum Gasteiger partial charge on any atom is -0.461 e. The van der Waals surface area contributed by atoms with E-state index in [4.69, 9.17) is 14.2 Å². The van der Waals surface area contributed by atoms with Gasteiger partial charge in [0.15, 0.2) is 6.10 Å². The van der Waals surface area contributed by atoms with Gasteiger partial charge in [-0.05, 0) is 103 Å². The van der Waals surface area contributed by atoms with E-state index in [1.165, 1.54) is 44.9 Å². The van der Waals surface area contributed by atoms with Crippen molar-refractivity contribution in [3.63, 3.8) is 0 Å². The molecule has 0 aromatic heterocycles. The Morgan fingerprint density at radius 3 is 1.16 bits per heavy atom. The van der Waals surface area contributed by atoms with E-state index in [2.05, 4.69) is 148 Å². The first-order chi connectivity index (χ1) is 30.6. The summed E-state index contributed by atoms with van der Waals surface area (Å²) in [5, 5.41) is 0. The first-order valence-corrected chi connectivity index (χ1v) is 24.4. The Morgan fingerprint density at radius 2 is 0.726 bits per heavy atom. The molecule has 0 heterocycles. The van der Waals surface area contributed by atoms with Crippen molar-refractivity contribution in [3.05, 3.63) is 146 Å². The van der Waals surface area contributed by atoms with Crippen LogP contribution < -0.4 is 0 Å². The highest BCUT2D eigenvalue weighted by atomic mass is 16.6. The molecule has 0 amide bonds. The molecule has 0 aromatic carbocycles. The molecule has 0 aliphatic carbocycles. The fourth-order valence-corrected chi connectivity index (χ4v) is 5.90. The molecule has 346 valence electrons. The molecular formula is C57H88O5. The van der Waals surface area contributed by atoms with E-state index >= 15 is 0 Å². The molecule has 62 heavy (non-hydrogen) atoms. The second-order valence-electron chi connectivity index (χ2n) is 15.2. The van der Waals surface area contributed by atoms with Crippen LogP contribution in [0.2, 0.25) is 0 Å². The van der Waals surface area contributed by atoms with Gasteiger partial charge in [-0.2, -0.15) is 0 Å². The third kappa shape index (κ3) is 48.4. The molecule has 0 rings (SSSR count). The third-order valence-electron chi connectivity index (χ3n) is 9.40. The normalized spacial score (nSPS) is 13.5. The zero-order valence-corrected chi connectivity index (χ0v) is 39.6. The maximum Gasteiger partial charge on any atom is 0.309 e. The lowest BCUT2D eigenvalue weighted by atomic mass is 10.1. The van der Waals surface area contributed by atoms with Gasteiger partial charge < -0.3 is 14.2 Å². The fourth-order valence-electron chi connectivity index (χ4n) is 5.90. The molecule has 0 aromatic rings. The molecule has 5 nitrogen and oxygen atoms in total. The summed E-state index contributed by atoms with van der Waals surface area (Å²) < 4.78 is 17.2. The number of allylic oxidation sites excluding steroid dienone is 23. The van der Waals surface area contributed by atoms with E-state index in [0.717, 1.165) is 89.9 Å². The Hall–Kier alpha value is -4.22. The monoisotopic (exact) mass is 853 g/mol. The Kier molecular flexibility index (Phi) is 47.7. The van der Waals surface area contributed by atoms with Crippen molar-refractivity contribution in [3.8, 4) is 0 Å². The molecule has 0 spiro atoms. The van der Waals surface area contributed by atoms with Crippen LogP contribution in [0.1, 0.15) is 175 Å². The van der Waals surface area contributed by atoms with Crippen LogP contribution in [0.15, 0.2) is 146 Å². The second-order valence-corrected chi connectivity index (χ2v) is 15.2. The van der Waals surface area contributed by atoms with E-state index in [9.17, 15) is 9.59 Å². The zero-order chi connectivity index (χ0) is 44.9. The van der Waals surface area contributed by atoms with Gasteiger partial charge in [-0.25, -0.2) is 0 Å². The van der Waals surface area contributed by atoms with Crippen molar-refractivity contribution < 1.29 is 23.8 Å². The lowest BCUT2D eigenvalue weighted by Gasteiger charge is -2.18. The summed E-state index contributed by atoms with van der Waals surface area (Å²) in [4.78, 5) is 25.2. The second kappa shape index (κ2) is 51.1. The molecule has 0 saturated carbocycles. The standard InChI is InChI=1S/C57H88O5/c1-4-7-10-13-16-19-22-25-27-28-29-31-34-37-40-43-46-49-52-60-53-55(62-57(59)51-48-45-42-39-36-32-24-21-18-15-12-9-6-3)54-61-56(58)50-47-44-41-38-35-33-30-26-23-20-17-14-11-8-5-2/h7-12,16-21,25-27,30,32,35-36,38,42,44-45,47,55H,4-6,13-15,22-24,28-29,31,33-34,37,39-41,43,46,48-54H2,1-3H3/b10-7-,11-8-,12-9-,19-16-,20-17-,21-18-,27-25-,30-26-,36-32-,38-35-,45-42-,47-44-. The third-order valence-corrected chi connectivity index (χ3v) is 9.40. The maximum atomic E-state index is 12.7. The van der Waals surface area contributed by atoms with Crippen molar-refractivity contribution in [2.75, 3.05) is 19.8 Å². The highest BCUT2D eigenvalue weighted by Crippen LogP contribution is 2.11. The Bertz CT molecular complexity index is 1380. The number of carbonyl (C=O) groups excluding carboxylic acids is 2. The molecule has 0 aliphatic rings. The molecule has 0 bridgehead atoms. The predicted octanol–water partition coefficient (Wildman–Crippen LogP) is 16.6. The SMILES string of the molecule is CC/C=C\C/C=C\C/C=C\C/C=C\C/C=C\CC(=O)OCC(COCCCCCCCCCC/C=C\C/C=C\C/C=C\CC)OC(=O)CC/C=C\C/C=C\C/C=C\C/C=C\CC. The summed E-state index contributed by atoms with van der Waals surface area (Å²) in [6.45, 7) is 7.25. The molecule has 0 saturated heterocycles. The van der Waals surface area contributed by atoms with Crippen LogP contribution in [0.25, 0.3) is 0 Å². The van der Waals surface area contributed by atoms with Gasteiger partial charge in [0.05, 0.1) is 13.0 Å². The minimum absolute atomic E-state index is 0.0109. The zero-order valence-electron chi connectivity index (χ0n) is 39.6. The molecule has 0 aliphatic heterocycles. The van der Waals surface area contributed by atoms with E-state index < -0.39 is 6.10 Å². The van der Waals surface area contributed by atoms with Crippen LogP contribution in [0.3, 0.4) is 0 Å². The Labute approximate surface area is 381 Å². The van der Waals surface area contributed by atoms with E-state index in [1.807, 2.05) is 18.2 Å². The average molecular weight is 853 g/mol. The number of rotatable bonds is 42. The number of esters is 2. The van der Waals surface area contributed by atoms with Crippen molar-refractivity contribution in [1.82, 2.24) is 0 Å². The summed E-state index contributed by atoms with van der Waals surface area (Å²) in [5.41, 5.74) is 0. The smallest absolute Gasteiger partial charge is 0.309 e. The molecule has 1 atom stereocenters. The summed E-state index contributed by atoms with van der Waals surface area (Å²) in [6, 6.07) is 0. The van der Waals surface area contributed by atoms with E-state index in [0.29, 0.717) is 13.0 Å². The van der Waals surface area contributed by atoms with E-state index in [-0.39, 0.29) is 38.0 Å². The number of ether oxygens (including phenoxy) is 3. The van der Waals surface area contributed by atoms with Crippen LogP contribution in [0.4, 0.5) is 0 Å². The lowest BCUT2D eigenvalue weighted by Crippen LogP contribution is -2.30. The van der Waals surface area contributed by atoms with Gasteiger partial charge in [-0.1, -0.05) is 205 Å². The van der Waals surface area contributed by atoms with Gasteiger partial charge in [0.2, 0.25) is 0 Å². The summed E-state index contributed by atoms with van der Waals surface area (Å²) in [5.74, 6) is -0.656. The van der Waals surface area contributed by atoms with Crippen LogP contribution in [0, 0.1) is 0 Å². The molecule has 0 fully saturated rings. The Morgan fingerprint density at radius 1 is 0.371 bits per heavy atom. The molecule has 1 unspecified atom stereocenters. The highest BCUT2D eigenvalue weighted by molar-refractivity contribution is 5.71. The van der Waals surface area contributed by atoms with Gasteiger partial charge in [-0.3, -0.25) is 9.59 Å². The number of hydrogen-bond donors (Lipinski definition) is 0. The molecular weight excluding hydrogens is 765 g/mol. The summed E-state index contributed by atoms with van der Waals surface area (Å²) in [7, 11) is 0. The van der Waals surface area contributed by atoms with Gasteiger partial charge >= 0.3 is 11.9 Å². The molecule has 5 heteroatoms. The predicted molar refractivity (Wildman–Crippen MR) is 269 cm³/mol. The van der Waals surface area contributed by atoms with Crippen LogP contribution >= 0.6 is 0 Å². The first kappa shape index (κ1) is 57.8. The Balaban J connectivity index is 4.50. The van der Waals surface area contributed by atoms with Crippen molar-refractivity contribution in [2.45, 2.75) is 181 Å². The maximum absolute atomic E-state index is 12.7. The largest absolute Gasteiger partial charge is 0.461 e. The van der Waals surface area contributed by atoms with Gasteiger partial charge in [-0.15, -0.1) is 0 Å². The average Bonchev–Trinajstić information content (AvgIpc) is 3.27. The fraction of sp³-hybridized carbons (Fsp3) is 0.544. The quantitative estimate of drug-likeness (QED) is 0.0348. The van der Waals surface area contributed by atoms with Crippen molar-refractivity contribution in [1.29, 1.82) is 0 Å². The lowest BCUT2D eigenvalue weighted by molar-refractivity contribution is -0.162.